The fraction of sp³-hybridized carbons (Fsp3) is 0.357. The van der Waals surface area contributed by atoms with Crippen LogP contribution in [0, 0.1) is 6.92 Å². The predicted molar refractivity (Wildman–Crippen MR) is 83.0 cm³/mol. The van der Waals surface area contributed by atoms with Crippen molar-refractivity contribution < 1.29 is 9.53 Å². The quantitative estimate of drug-likeness (QED) is 0.856. The predicted octanol–water partition coefficient (Wildman–Crippen LogP) is 2.22. The average Bonchev–Trinajstić information content (AvgIpc) is 2.87. The maximum absolute atomic E-state index is 12.3. The molecule has 6 nitrogen and oxygen atoms in total. The summed E-state index contributed by atoms with van der Waals surface area (Å²) in [6.45, 7) is 4.62. The van der Waals surface area contributed by atoms with E-state index in [2.05, 4.69) is 20.0 Å². The molecule has 2 aromatic rings. The third kappa shape index (κ3) is 3.49. The van der Waals surface area contributed by atoms with E-state index in [9.17, 15) is 4.79 Å². The van der Waals surface area contributed by atoms with Gasteiger partial charge >= 0.3 is 0 Å². The zero-order valence-electron chi connectivity index (χ0n) is 12.3. The van der Waals surface area contributed by atoms with Crippen molar-refractivity contribution >= 4 is 22.4 Å². The lowest BCUT2D eigenvalue weighted by Gasteiger charge is -2.10. The molecule has 0 spiro atoms. The van der Waals surface area contributed by atoms with E-state index in [4.69, 9.17) is 4.74 Å². The van der Waals surface area contributed by atoms with Crippen molar-refractivity contribution in [1.29, 1.82) is 0 Å². The van der Waals surface area contributed by atoms with Gasteiger partial charge in [-0.25, -0.2) is 4.98 Å². The van der Waals surface area contributed by atoms with Gasteiger partial charge in [0.15, 0.2) is 0 Å². The molecule has 0 aromatic carbocycles. The van der Waals surface area contributed by atoms with Gasteiger partial charge in [0.1, 0.15) is 5.00 Å². The van der Waals surface area contributed by atoms with E-state index in [0.717, 1.165) is 16.3 Å². The van der Waals surface area contributed by atoms with Gasteiger partial charge in [-0.2, -0.15) is 4.37 Å². The van der Waals surface area contributed by atoms with E-state index < -0.39 is 0 Å². The monoisotopic (exact) mass is 306 g/mol. The molecule has 0 aliphatic carbocycles. The Balaban J connectivity index is 2.09. The van der Waals surface area contributed by atoms with Gasteiger partial charge in [0.25, 0.3) is 5.91 Å². The van der Waals surface area contributed by atoms with Crippen LogP contribution < -0.4 is 15.4 Å². The highest BCUT2D eigenvalue weighted by molar-refractivity contribution is 7.10. The van der Waals surface area contributed by atoms with Crippen LogP contribution in [0.4, 0.5) is 5.00 Å². The van der Waals surface area contributed by atoms with Crippen molar-refractivity contribution in [3.63, 3.8) is 0 Å². The van der Waals surface area contributed by atoms with Crippen molar-refractivity contribution in [1.82, 2.24) is 14.7 Å². The van der Waals surface area contributed by atoms with E-state index in [0.29, 0.717) is 24.6 Å². The molecule has 21 heavy (non-hydrogen) atoms. The third-order valence-corrected chi connectivity index (χ3v) is 3.84. The van der Waals surface area contributed by atoms with E-state index in [1.807, 2.05) is 26.0 Å². The zero-order valence-corrected chi connectivity index (χ0v) is 13.1. The van der Waals surface area contributed by atoms with Crippen LogP contribution >= 0.6 is 11.5 Å². The summed E-state index contributed by atoms with van der Waals surface area (Å²) < 4.78 is 9.64. The van der Waals surface area contributed by atoms with E-state index in [1.165, 1.54) is 11.5 Å². The van der Waals surface area contributed by atoms with Crippen LogP contribution in [0.25, 0.3) is 0 Å². The molecule has 0 aliphatic heterocycles. The van der Waals surface area contributed by atoms with Gasteiger partial charge < -0.3 is 15.4 Å². The molecule has 1 amide bonds. The molecular formula is C14H18N4O2S. The summed E-state index contributed by atoms with van der Waals surface area (Å²) in [4.78, 5) is 16.5. The topological polar surface area (TPSA) is 76.1 Å². The van der Waals surface area contributed by atoms with Crippen LogP contribution in [-0.2, 0) is 6.54 Å². The fourth-order valence-corrected chi connectivity index (χ4v) is 2.64. The summed E-state index contributed by atoms with van der Waals surface area (Å²) in [6.07, 6.45) is 1.67. The highest BCUT2D eigenvalue weighted by Crippen LogP contribution is 2.24. The molecule has 0 bridgehead atoms. The first-order chi connectivity index (χ1) is 10.2. The molecule has 7 heteroatoms. The number of anilines is 1. The highest BCUT2D eigenvalue weighted by Gasteiger charge is 2.17. The van der Waals surface area contributed by atoms with Gasteiger partial charge in [-0.3, -0.25) is 4.79 Å². The minimum absolute atomic E-state index is 0.156. The van der Waals surface area contributed by atoms with E-state index in [1.54, 1.807) is 13.2 Å². The normalized spacial score (nSPS) is 10.2. The van der Waals surface area contributed by atoms with Crippen LogP contribution in [0.5, 0.6) is 5.88 Å². The molecule has 0 saturated carbocycles. The first kappa shape index (κ1) is 15.2. The molecular weight excluding hydrogens is 288 g/mol. The Kier molecular flexibility index (Phi) is 5.10. The second-order valence-electron chi connectivity index (χ2n) is 4.31. The van der Waals surface area contributed by atoms with Crippen molar-refractivity contribution in [3.8, 4) is 5.88 Å². The first-order valence-electron chi connectivity index (χ1n) is 6.66. The number of rotatable bonds is 6. The molecule has 0 atom stereocenters. The number of carbonyl (C=O) groups is 1. The minimum Gasteiger partial charge on any atom is -0.478 e. The van der Waals surface area contributed by atoms with Crippen LogP contribution in [-0.4, -0.2) is 28.9 Å². The van der Waals surface area contributed by atoms with E-state index in [-0.39, 0.29) is 5.91 Å². The molecule has 2 heterocycles. The van der Waals surface area contributed by atoms with Crippen LogP contribution in [0.2, 0.25) is 0 Å². The van der Waals surface area contributed by atoms with E-state index >= 15 is 0 Å². The lowest BCUT2D eigenvalue weighted by Crippen LogP contribution is -2.24. The molecule has 2 aromatic heterocycles. The number of carbonyl (C=O) groups excluding carboxylic acids is 1. The summed E-state index contributed by atoms with van der Waals surface area (Å²) in [6, 6.07) is 3.70. The molecule has 0 unspecified atom stereocenters. The summed E-state index contributed by atoms with van der Waals surface area (Å²) >= 11 is 1.28. The van der Waals surface area contributed by atoms with Gasteiger partial charge in [-0.1, -0.05) is 6.07 Å². The van der Waals surface area contributed by atoms with Gasteiger partial charge in [0.2, 0.25) is 5.88 Å². The maximum Gasteiger partial charge on any atom is 0.256 e. The van der Waals surface area contributed by atoms with Crippen LogP contribution in [0.1, 0.15) is 28.5 Å². The zero-order chi connectivity index (χ0) is 15.2. The molecule has 0 fully saturated rings. The molecule has 2 N–H and O–H groups in total. The number of amides is 1. The number of ether oxygens (including phenoxy) is 1. The number of aromatic nitrogens is 2. The van der Waals surface area contributed by atoms with Crippen molar-refractivity contribution in [3.05, 3.63) is 35.2 Å². The van der Waals surface area contributed by atoms with Crippen molar-refractivity contribution in [2.45, 2.75) is 20.4 Å². The second kappa shape index (κ2) is 7.03. The Morgan fingerprint density at radius 3 is 3.00 bits per heavy atom. The molecule has 112 valence electrons. The minimum atomic E-state index is -0.156. The number of nitrogens with one attached hydrogen (secondary N) is 2. The Labute approximate surface area is 127 Å². The van der Waals surface area contributed by atoms with Crippen molar-refractivity contribution in [2.75, 3.05) is 19.0 Å². The highest BCUT2D eigenvalue weighted by atomic mass is 32.1. The van der Waals surface area contributed by atoms with Crippen LogP contribution in [0.3, 0.4) is 0 Å². The number of pyridine rings is 1. The first-order valence-corrected chi connectivity index (χ1v) is 7.43. The van der Waals surface area contributed by atoms with Crippen LogP contribution in [0.15, 0.2) is 18.3 Å². The van der Waals surface area contributed by atoms with Gasteiger partial charge in [-0.05, 0) is 31.4 Å². The lowest BCUT2D eigenvalue weighted by atomic mass is 10.2. The summed E-state index contributed by atoms with van der Waals surface area (Å²) in [7, 11) is 1.78. The second-order valence-corrected chi connectivity index (χ2v) is 5.08. The van der Waals surface area contributed by atoms with Crippen molar-refractivity contribution in [2.24, 2.45) is 0 Å². The fourth-order valence-electron chi connectivity index (χ4n) is 1.90. The largest absolute Gasteiger partial charge is 0.478 e. The number of hydrogen-bond donors (Lipinski definition) is 2. The summed E-state index contributed by atoms with van der Waals surface area (Å²) in [5.74, 6) is 0.395. The Morgan fingerprint density at radius 2 is 2.29 bits per heavy atom. The Morgan fingerprint density at radius 1 is 1.48 bits per heavy atom. The molecule has 0 saturated heterocycles. The van der Waals surface area contributed by atoms with Gasteiger partial charge in [0, 0.05) is 25.4 Å². The molecule has 2 rings (SSSR count). The SMILES string of the molecule is CCOc1ncccc1CNC(=O)c1c(C)nsc1NC. The Hall–Kier alpha value is -2.15. The summed E-state index contributed by atoms with van der Waals surface area (Å²) in [5, 5.41) is 6.63. The Bertz CT molecular complexity index is 627. The summed E-state index contributed by atoms with van der Waals surface area (Å²) in [5.41, 5.74) is 2.15. The number of hydrogen-bond acceptors (Lipinski definition) is 6. The lowest BCUT2D eigenvalue weighted by molar-refractivity contribution is 0.0951. The number of nitrogens with zero attached hydrogens (tertiary/aromatic N) is 2. The number of aryl methyl sites for hydroxylation is 1. The maximum atomic E-state index is 12.3. The smallest absolute Gasteiger partial charge is 0.256 e. The van der Waals surface area contributed by atoms with Gasteiger partial charge in [-0.15, -0.1) is 0 Å². The molecule has 0 radical (unpaired) electrons. The van der Waals surface area contributed by atoms with Gasteiger partial charge in [0.05, 0.1) is 17.9 Å². The molecule has 0 aliphatic rings. The third-order valence-electron chi connectivity index (χ3n) is 2.89. The standard InChI is InChI=1S/C14H18N4O2S/c1-4-20-13-10(6-5-7-16-13)8-17-12(19)11-9(2)18-21-14(11)15-3/h5-7,15H,4,8H2,1-3H3,(H,17,19). The average molecular weight is 306 g/mol.